The predicted octanol–water partition coefficient (Wildman–Crippen LogP) is 5.94. The van der Waals surface area contributed by atoms with Crippen LogP contribution in [0.2, 0.25) is 0 Å². The molecule has 0 amide bonds. The third-order valence-electron chi connectivity index (χ3n) is 5.46. The van der Waals surface area contributed by atoms with Crippen molar-refractivity contribution >= 4 is 15.9 Å². The Morgan fingerprint density at radius 1 is 0.581 bits per heavy atom. The van der Waals surface area contributed by atoms with Gasteiger partial charge in [-0.3, -0.25) is 0 Å². The summed E-state index contributed by atoms with van der Waals surface area (Å²) in [4.78, 5) is 0. The summed E-state index contributed by atoms with van der Waals surface area (Å²) in [6, 6.07) is 39.3. The van der Waals surface area contributed by atoms with Crippen molar-refractivity contribution in [1.29, 1.82) is 0 Å². The second-order valence-corrected chi connectivity index (χ2v) is 8.15. The molecule has 5 heteroatoms. The summed E-state index contributed by atoms with van der Waals surface area (Å²) in [5, 5.41) is 13.1. The lowest BCUT2D eigenvalue weighted by molar-refractivity contribution is 0.451. The van der Waals surface area contributed by atoms with Gasteiger partial charge in [-0.05, 0) is 39.2 Å². The minimum Gasteiger partial charge on any atom is -0.206 e. The van der Waals surface area contributed by atoms with Crippen LogP contribution in [0.1, 0.15) is 16.7 Å². The van der Waals surface area contributed by atoms with Crippen molar-refractivity contribution in [3.8, 4) is 11.4 Å². The maximum Gasteiger partial charge on any atom is 0.183 e. The van der Waals surface area contributed by atoms with Crippen LogP contribution in [0.5, 0.6) is 0 Å². The highest BCUT2D eigenvalue weighted by atomic mass is 79.9. The minimum absolute atomic E-state index is 0.698. The molecule has 5 rings (SSSR count). The number of hydrogen-bond donors (Lipinski definition) is 0. The molecule has 0 saturated heterocycles. The van der Waals surface area contributed by atoms with Gasteiger partial charge in [0.15, 0.2) is 5.82 Å². The van der Waals surface area contributed by atoms with Gasteiger partial charge < -0.3 is 0 Å². The third-order valence-corrected chi connectivity index (χ3v) is 5.99. The second-order valence-electron chi connectivity index (χ2n) is 7.23. The van der Waals surface area contributed by atoms with E-state index in [1.54, 1.807) is 0 Å². The number of rotatable bonds is 5. The summed E-state index contributed by atoms with van der Waals surface area (Å²) < 4.78 is 2.95. The SMILES string of the molecule is Brc1ccc(-c2nnnn2C(c2ccccc2)(c2ccccc2)c2ccccc2)cc1. The summed E-state index contributed by atoms with van der Waals surface area (Å²) in [6.07, 6.45) is 0. The monoisotopic (exact) mass is 466 g/mol. The Balaban J connectivity index is 1.89. The molecule has 4 nitrogen and oxygen atoms in total. The molecular weight excluding hydrogens is 448 g/mol. The zero-order chi connectivity index (χ0) is 21.1. The first-order chi connectivity index (χ1) is 15.3. The molecule has 0 aliphatic rings. The summed E-state index contributed by atoms with van der Waals surface area (Å²) in [7, 11) is 0. The highest BCUT2D eigenvalue weighted by Gasteiger charge is 2.41. The Kier molecular flexibility index (Phi) is 5.18. The fourth-order valence-corrected chi connectivity index (χ4v) is 4.36. The van der Waals surface area contributed by atoms with Gasteiger partial charge in [-0.1, -0.05) is 119 Å². The van der Waals surface area contributed by atoms with Crippen molar-refractivity contribution in [1.82, 2.24) is 20.2 Å². The molecule has 0 saturated carbocycles. The Morgan fingerprint density at radius 3 is 1.48 bits per heavy atom. The minimum atomic E-state index is -0.740. The maximum absolute atomic E-state index is 4.56. The highest BCUT2D eigenvalue weighted by molar-refractivity contribution is 9.10. The van der Waals surface area contributed by atoms with Crippen molar-refractivity contribution < 1.29 is 0 Å². The van der Waals surface area contributed by atoms with Crippen LogP contribution in [-0.2, 0) is 5.54 Å². The molecule has 0 radical (unpaired) electrons. The molecular formula is C26H19BrN4. The number of halogens is 1. The van der Waals surface area contributed by atoms with E-state index in [4.69, 9.17) is 0 Å². The first-order valence-corrected chi connectivity index (χ1v) is 10.8. The van der Waals surface area contributed by atoms with Gasteiger partial charge >= 0.3 is 0 Å². The molecule has 4 aromatic carbocycles. The van der Waals surface area contributed by atoms with E-state index in [0.29, 0.717) is 5.82 Å². The van der Waals surface area contributed by atoms with E-state index >= 15 is 0 Å². The van der Waals surface area contributed by atoms with Gasteiger partial charge in [-0.2, -0.15) is 0 Å². The lowest BCUT2D eigenvalue weighted by Crippen LogP contribution is -2.39. The smallest absolute Gasteiger partial charge is 0.183 e. The van der Waals surface area contributed by atoms with Crippen LogP contribution in [0.3, 0.4) is 0 Å². The number of hydrogen-bond acceptors (Lipinski definition) is 3. The zero-order valence-electron chi connectivity index (χ0n) is 16.6. The molecule has 0 bridgehead atoms. The van der Waals surface area contributed by atoms with Gasteiger partial charge in [0.2, 0.25) is 0 Å². The van der Waals surface area contributed by atoms with Gasteiger partial charge in [-0.15, -0.1) is 5.10 Å². The van der Waals surface area contributed by atoms with Crippen molar-refractivity contribution in [3.05, 3.63) is 136 Å². The average Bonchev–Trinajstić information content (AvgIpc) is 3.32. The molecule has 0 N–H and O–H groups in total. The summed E-state index contributed by atoms with van der Waals surface area (Å²) >= 11 is 3.52. The van der Waals surface area contributed by atoms with Crippen LogP contribution in [0, 0.1) is 0 Å². The quantitative estimate of drug-likeness (QED) is 0.301. The summed E-state index contributed by atoms with van der Waals surface area (Å²) in [5.41, 5.74) is 3.45. The first-order valence-electron chi connectivity index (χ1n) is 10.0. The summed E-state index contributed by atoms with van der Waals surface area (Å²) in [6.45, 7) is 0. The molecule has 0 spiro atoms. The standard InChI is InChI=1S/C26H19BrN4/c27-24-18-16-20(17-19-24)25-28-29-30-31(25)26(21-10-4-1-5-11-21,22-12-6-2-7-13-22)23-14-8-3-9-15-23/h1-19H. The largest absolute Gasteiger partial charge is 0.206 e. The van der Waals surface area contributed by atoms with Gasteiger partial charge in [0.05, 0.1) is 0 Å². The topological polar surface area (TPSA) is 43.6 Å². The number of tetrazole rings is 1. The van der Waals surface area contributed by atoms with Crippen LogP contribution in [0.4, 0.5) is 0 Å². The fourth-order valence-electron chi connectivity index (χ4n) is 4.10. The fraction of sp³-hybridized carbons (Fsp3) is 0.0385. The Hall–Kier alpha value is -3.57. The van der Waals surface area contributed by atoms with E-state index in [2.05, 4.69) is 104 Å². The normalized spacial score (nSPS) is 11.4. The van der Waals surface area contributed by atoms with Crippen molar-refractivity contribution in [2.45, 2.75) is 5.54 Å². The van der Waals surface area contributed by atoms with E-state index in [0.717, 1.165) is 26.7 Å². The van der Waals surface area contributed by atoms with Gasteiger partial charge in [0, 0.05) is 10.0 Å². The van der Waals surface area contributed by atoms with E-state index < -0.39 is 5.54 Å². The lowest BCUT2D eigenvalue weighted by atomic mass is 9.77. The molecule has 1 aromatic heterocycles. The molecule has 0 fully saturated rings. The molecule has 0 aliphatic carbocycles. The Morgan fingerprint density at radius 2 is 1.03 bits per heavy atom. The molecule has 150 valence electrons. The Bertz CT molecular complexity index is 1170. The van der Waals surface area contributed by atoms with E-state index in [-0.39, 0.29) is 0 Å². The van der Waals surface area contributed by atoms with Crippen molar-refractivity contribution in [2.24, 2.45) is 0 Å². The van der Waals surface area contributed by atoms with Gasteiger partial charge in [-0.25, -0.2) is 4.68 Å². The molecule has 5 aromatic rings. The van der Waals surface area contributed by atoms with Gasteiger partial charge in [0.25, 0.3) is 0 Å². The van der Waals surface area contributed by atoms with Gasteiger partial charge in [0.1, 0.15) is 5.54 Å². The Labute approximate surface area is 189 Å². The van der Waals surface area contributed by atoms with Crippen LogP contribution >= 0.6 is 15.9 Å². The maximum atomic E-state index is 4.56. The van der Waals surface area contributed by atoms with Crippen LogP contribution in [0.25, 0.3) is 11.4 Å². The molecule has 31 heavy (non-hydrogen) atoms. The van der Waals surface area contributed by atoms with E-state index in [1.807, 2.05) is 47.1 Å². The number of benzene rings is 4. The zero-order valence-corrected chi connectivity index (χ0v) is 18.2. The highest BCUT2D eigenvalue weighted by Crippen LogP contribution is 2.42. The average molecular weight is 467 g/mol. The lowest BCUT2D eigenvalue weighted by Gasteiger charge is -2.36. The van der Waals surface area contributed by atoms with Crippen LogP contribution in [-0.4, -0.2) is 20.2 Å². The molecule has 0 unspecified atom stereocenters. The first kappa shape index (κ1) is 19.4. The number of nitrogens with zero attached hydrogens (tertiary/aromatic N) is 4. The van der Waals surface area contributed by atoms with Crippen molar-refractivity contribution in [2.75, 3.05) is 0 Å². The predicted molar refractivity (Wildman–Crippen MR) is 126 cm³/mol. The van der Waals surface area contributed by atoms with Crippen LogP contribution < -0.4 is 0 Å². The number of aromatic nitrogens is 4. The molecule has 0 atom stereocenters. The molecule has 1 heterocycles. The summed E-state index contributed by atoms with van der Waals surface area (Å²) in [5.74, 6) is 0.698. The van der Waals surface area contributed by atoms with Crippen molar-refractivity contribution in [3.63, 3.8) is 0 Å². The van der Waals surface area contributed by atoms with E-state index in [1.165, 1.54) is 0 Å². The van der Waals surface area contributed by atoms with E-state index in [9.17, 15) is 0 Å². The molecule has 0 aliphatic heterocycles. The van der Waals surface area contributed by atoms with Crippen LogP contribution in [0.15, 0.2) is 120 Å². The second kappa shape index (κ2) is 8.28. The third kappa shape index (κ3) is 3.37.